The summed E-state index contributed by atoms with van der Waals surface area (Å²) >= 11 is 0. The molecule has 3 N–H and O–H groups in total. The Morgan fingerprint density at radius 3 is 2.48 bits per heavy atom. The molecular weight excluding hydrogens is 386 g/mol. The summed E-state index contributed by atoms with van der Waals surface area (Å²) in [5.74, 6) is -0.283. The number of unbranched alkanes of at least 4 members (excludes halogenated alkanes) is 4. The SMILES string of the molecule is C=C(C)[C@@H]1CCC(C)=C[C@H]1c1c(O)cc(CCCCC)c(C(=O)NCCCCC)c1O. The first-order valence-corrected chi connectivity index (χ1v) is 12.0. The number of aromatic hydroxyl groups is 2. The molecule has 0 aliphatic heterocycles. The van der Waals surface area contributed by atoms with Crippen LogP contribution in [0.5, 0.6) is 11.5 Å². The Bertz CT molecular complexity index is 809. The molecule has 2 rings (SSSR count). The monoisotopic (exact) mass is 427 g/mol. The van der Waals surface area contributed by atoms with Crippen molar-refractivity contribution in [2.45, 2.75) is 91.4 Å². The van der Waals surface area contributed by atoms with Crippen LogP contribution in [0.2, 0.25) is 0 Å². The quantitative estimate of drug-likeness (QED) is 0.270. The topological polar surface area (TPSA) is 69.6 Å². The zero-order valence-electron chi connectivity index (χ0n) is 19.9. The average Bonchev–Trinajstić information content (AvgIpc) is 2.71. The lowest BCUT2D eigenvalue weighted by Gasteiger charge is -2.32. The maximum absolute atomic E-state index is 13.1. The van der Waals surface area contributed by atoms with E-state index in [1.165, 1.54) is 5.57 Å². The molecule has 0 bridgehead atoms. The minimum atomic E-state index is -0.246. The molecule has 0 radical (unpaired) electrons. The van der Waals surface area contributed by atoms with E-state index in [1.807, 2.05) is 6.92 Å². The van der Waals surface area contributed by atoms with Crippen LogP contribution < -0.4 is 5.32 Å². The summed E-state index contributed by atoms with van der Waals surface area (Å²) in [7, 11) is 0. The third kappa shape index (κ3) is 6.38. The van der Waals surface area contributed by atoms with Crippen LogP contribution in [0.1, 0.15) is 106 Å². The average molecular weight is 428 g/mol. The Labute approximate surface area is 188 Å². The molecule has 1 amide bonds. The number of hydrogen-bond donors (Lipinski definition) is 3. The van der Waals surface area contributed by atoms with E-state index in [4.69, 9.17) is 0 Å². The molecule has 1 aliphatic rings. The largest absolute Gasteiger partial charge is 0.507 e. The molecule has 1 aromatic carbocycles. The van der Waals surface area contributed by atoms with E-state index in [0.29, 0.717) is 24.1 Å². The van der Waals surface area contributed by atoms with Crippen LogP contribution in [0, 0.1) is 5.92 Å². The zero-order valence-corrected chi connectivity index (χ0v) is 19.9. The lowest BCUT2D eigenvalue weighted by molar-refractivity contribution is 0.0949. The first-order chi connectivity index (χ1) is 14.8. The summed E-state index contributed by atoms with van der Waals surface area (Å²) in [6.45, 7) is 13.1. The van der Waals surface area contributed by atoms with Crippen molar-refractivity contribution < 1.29 is 15.0 Å². The standard InChI is InChI=1S/C27H41NO3/c1-6-8-10-12-20-17-23(29)25(22-16-19(5)13-14-21(22)18(3)4)26(30)24(20)27(31)28-15-11-9-7-2/h16-17,21-22,29-30H,3,6-15H2,1-2,4-5H3,(H,28,31)/t21-,22+/m0/s1. The molecule has 1 aromatic rings. The number of phenolic OH excluding ortho intramolecular Hbond substituents is 2. The van der Waals surface area contributed by atoms with Crippen molar-refractivity contribution in [3.05, 3.63) is 46.6 Å². The number of aryl methyl sites for hydroxylation is 1. The van der Waals surface area contributed by atoms with Crippen LogP contribution in [0.25, 0.3) is 0 Å². The predicted octanol–water partition coefficient (Wildman–Crippen LogP) is 6.77. The Morgan fingerprint density at radius 1 is 1.16 bits per heavy atom. The summed E-state index contributed by atoms with van der Waals surface area (Å²) in [5, 5.41) is 25.3. The van der Waals surface area contributed by atoms with Gasteiger partial charge in [0.05, 0.1) is 5.56 Å². The molecule has 0 spiro atoms. The first-order valence-electron chi connectivity index (χ1n) is 12.0. The third-order valence-electron chi connectivity index (χ3n) is 6.46. The van der Waals surface area contributed by atoms with E-state index >= 15 is 0 Å². The van der Waals surface area contributed by atoms with Gasteiger partial charge in [-0.15, -0.1) is 0 Å². The molecule has 4 nitrogen and oxygen atoms in total. The number of carbonyl (C=O) groups excluding carboxylic acids is 1. The fourth-order valence-electron chi connectivity index (χ4n) is 4.64. The van der Waals surface area contributed by atoms with Crippen molar-refractivity contribution in [1.82, 2.24) is 5.32 Å². The Morgan fingerprint density at radius 2 is 1.84 bits per heavy atom. The molecular formula is C27H41NO3. The molecule has 0 saturated heterocycles. The number of allylic oxidation sites excluding steroid dienone is 3. The van der Waals surface area contributed by atoms with Gasteiger partial charge in [-0.25, -0.2) is 0 Å². The minimum absolute atomic E-state index is 0.0679. The van der Waals surface area contributed by atoms with Crippen molar-refractivity contribution in [2.24, 2.45) is 5.92 Å². The van der Waals surface area contributed by atoms with E-state index in [0.717, 1.165) is 62.5 Å². The Hall–Kier alpha value is -2.23. The van der Waals surface area contributed by atoms with E-state index in [1.54, 1.807) is 6.07 Å². The van der Waals surface area contributed by atoms with Crippen LogP contribution in [0.4, 0.5) is 0 Å². The van der Waals surface area contributed by atoms with E-state index in [2.05, 4.69) is 38.7 Å². The lowest BCUT2D eigenvalue weighted by Crippen LogP contribution is -2.26. The smallest absolute Gasteiger partial charge is 0.255 e. The molecule has 0 unspecified atom stereocenters. The highest BCUT2D eigenvalue weighted by molar-refractivity contribution is 5.99. The number of carbonyl (C=O) groups is 1. The van der Waals surface area contributed by atoms with Gasteiger partial charge >= 0.3 is 0 Å². The van der Waals surface area contributed by atoms with Gasteiger partial charge in [-0.3, -0.25) is 4.79 Å². The molecule has 4 heteroatoms. The van der Waals surface area contributed by atoms with Crippen molar-refractivity contribution in [3.8, 4) is 11.5 Å². The van der Waals surface area contributed by atoms with Gasteiger partial charge in [-0.1, -0.05) is 63.3 Å². The fraction of sp³-hybridized carbons (Fsp3) is 0.593. The number of amides is 1. The maximum Gasteiger partial charge on any atom is 0.255 e. The van der Waals surface area contributed by atoms with E-state index in [9.17, 15) is 15.0 Å². The van der Waals surface area contributed by atoms with Crippen molar-refractivity contribution >= 4 is 5.91 Å². The van der Waals surface area contributed by atoms with Gasteiger partial charge in [0.25, 0.3) is 5.91 Å². The molecule has 0 fully saturated rings. The predicted molar refractivity (Wildman–Crippen MR) is 129 cm³/mol. The number of nitrogens with one attached hydrogen (secondary N) is 1. The van der Waals surface area contributed by atoms with Crippen LogP contribution in [-0.4, -0.2) is 22.7 Å². The molecule has 0 heterocycles. The molecule has 2 atom stereocenters. The fourth-order valence-corrected chi connectivity index (χ4v) is 4.64. The van der Waals surface area contributed by atoms with E-state index in [-0.39, 0.29) is 29.2 Å². The summed E-state index contributed by atoms with van der Waals surface area (Å²) in [4.78, 5) is 13.1. The first kappa shape index (κ1) is 25.0. The summed E-state index contributed by atoms with van der Waals surface area (Å²) in [5.41, 5.74) is 3.79. The zero-order chi connectivity index (χ0) is 23.0. The van der Waals surface area contributed by atoms with Gasteiger partial charge in [0.2, 0.25) is 0 Å². The molecule has 0 saturated carbocycles. The van der Waals surface area contributed by atoms with Gasteiger partial charge < -0.3 is 15.5 Å². The molecule has 31 heavy (non-hydrogen) atoms. The second-order valence-electron chi connectivity index (χ2n) is 9.14. The summed E-state index contributed by atoms with van der Waals surface area (Å²) in [6, 6.07) is 1.71. The summed E-state index contributed by atoms with van der Waals surface area (Å²) < 4.78 is 0. The van der Waals surface area contributed by atoms with Gasteiger partial charge in [0.15, 0.2) is 0 Å². The second-order valence-corrected chi connectivity index (χ2v) is 9.14. The highest BCUT2D eigenvalue weighted by Gasteiger charge is 2.33. The minimum Gasteiger partial charge on any atom is -0.507 e. The highest BCUT2D eigenvalue weighted by atomic mass is 16.3. The van der Waals surface area contributed by atoms with Gasteiger partial charge in [0.1, 0.15) is 11.5 Å². The van der Waals surface area contributed by atoms with Crippen LogP contribution in [0.3, 0.4) is 0 Å². The van der Waals surface area contributed by atoms with Gasteiger partial charge in [-0.2, -0.15) is 0 Å². The van der Waals surface area contributed by atoms with Crippen LogP contribution in [-0.2, 0) is 6.42 Å². The van der Waals surface area contributed by atoms with Crippen molar-refractivity contribution in [3.63, 3.8) is 0 Å². The third-order valence-corrected chi connectivity index (χ3v) is 6.46. The normalized spacial score (nSPS) is 18.5. The second kappa shape index (κ2) is 12.0. The van der Waals surface area contributed by atoms with Gasteiger partial charge in [-0.05, 0) is 63.5 Å². The summed E-state index contributed by atoms with van der Waals surface area (Å²) in [6.07, 6.45) is 10.8. The Kier molecular flexibility index (Phi) is 9.67. The lowest BCUT2D eigenvalue weighted by atomic mass is 9.73. The number of hydrogen-bond acceptors (Lipinski definition) is 3. The van der Waals surface area contributed by atoms with Crippen LogP contribution >= 0.6 is 0 Å². The number of rotatable bonds is 11. The van der Waals surface area contributed by atoms with Crippen molar-refractivity contribution in [1.29, 1.82) is 0 Å². The van der Waals surface area contributed by atoms with Crippen LogP contribution in [0.15, 0.2) is 29.9 Å². The van der Waals surface area contributed by atoms with Gasteiger partial charge in [0, 0.05) is 18.0 Å². The number of benzene rings is 1. The van der Waals surface area contributed by atoms with Crippen molar-refractivity contribution in [2.75, 3.05) is 6.54 Å². The number of phenols is 2. The maximum atomic E-state index is 13.1. The highest BCUT2D eigenvalue weighted by Crippen LogP contribution is 2.48. The molecule has 1 aliphatic carbocycles. The molecule has 0 aromatic heterocycles. The Balaban J connectivity index is 2.50. The molecule has 172 valence electrons. The van der Waals surface area contributed by atoms with E-state index < -0.39 is 0 Å².